The number of carbonyl (C=O) groups excluding carboxylic acids is 1. The predicted molar refractivity (Wildman–Crippen MR) is 60.3 cm³/mol. The zero-order valence-corrected chi connectivity index (χ0v) is 9.11. The third kappa shape index (κ3) is 1.93. The molecule has 1 heterocycles. The molecule has 0 aliphatic carbocycles. The zero-order chi connectivity index (χ0) is 11.5. The van der Waals surface area contributed by atoms with E-state index < -0.39 is 0 Å². The van der Waals surface area contributed by atoms with E-state index in [0.29, 0.717) is 11.4 Å². The third-order valence-electron chi connectivity index (χ3n) is 2.33. The summed E-state index contributed by atoms with van der Waals surface area (Å²) >= 11 is 0. The van der Waals surface area contributed by atoms with Crippen molar-refractivity contribution < 1.29 is 4.79 Å². The Balaban J connectivity index is 2.21. The summed E-state index contributed by atoms with van der Waals surface area (Å²) in [6.07, 6.45) is 0. The van der Waals surface area contributed by atoms with E-state index in [-0.39, 0.29) is 5.91 Å². The Bertz CT molecular complexity index is 518. The number of hydrogen-bond donors (Lipinski definition) is 2. The number of hydrogen-bond acceptors (Lipinski definition) is 3. The Hall–Kier alpha value is -2.17. The van der Waals surface area contributed by atoms with Crippen molar-refractivity contribution in [3.63, 3.8) is 0 Å². The Kier molecular flexibility index (Phi) is 2.68. The molecule has 2 aromatic rings. The molecule has 2 N–H and O–H groups in total. The molecule has 0 saturated carbocycles. The van der Waals surface area contributed by atoms with Gasteiger partial charge in [-0.15, -0.1) is 0 Å². The normalized spacial score (nSPS) is 10.1. The molecule has 0 spiro atoms. The molecule has 0 saturated heterocycles. The minimum atomic E-state index is -0.249. The first-order valence-corrected chi connectivity index (χ1v) is 4.93. The van der Waals surface area contributed by atoms with E-state index in [2.05, 4.69) is 20.7 Å². The number of rotatable bonds is 2. The zero-order valence-electron chi connectivity index (χ0n) is 9.11. The maximum Gasteiger partial charge on any atom is 0.278 e. The van der Waals surface area contributed by atoms with Crippen LogP contribution in [0.4, 0.5) is 5.69 Å². The average molecular weight is 216 g/mol. The second kappa shape index (κ2) is 4.14. The number of nitrogens with one attached hydrogen (secondary N) is 2. The van der Waals surface area contributed by atoms with Gasteiger partial charge in [-0.05, 0) is 25.5 Å². The van der Waals surface area contributed by atoms with Crippen molar-refractivity contribution in [1.29, 1.82) is 0 Å². The lowest BCUT2D eigenvalue weighted by Crippen LogP contribution is -2.14. The molecule has 0 fully saturated rings. The Labute approximate surface area is 92.9 Å². The smallest absolute Gasteiger partial charge is 0.278 e. The highest BCUT2D eigenvalue weighted by Gasteiger charge is 2.13. The highest BCUT2D eigenvalue weighted by molar-refractivity contribution is 6.03. The van der Waals surface area contributed by atoms with Crippen molar-refractivity contribution in [2.24, 2.45) is 0 Å². The largest absolute Gasteiger partial charge is 0.320 e. The van der Waals surface area contributed by atoms with Crippen molar-refractivity contribution in [3.05, 3.63) is 41.2 Å². The highest BCUT2D eigenvalue weighted by atomic mass is 16.2. The molecule has 1 aromatic carbocycles. The van der Waals surface area contributed by atoms with Gasteiger partial charge in [-0.1, -0.05) is 18.2 Å². The molecule has 0 aliphatic rings. The van der Waals surface area contributed by atoms with Crippen LogP contribution >= 0.6 is 0 Å². The maximum absolute atomic E-state index is 11.8. The molecule has 5 nitrogen and oxygen atoms in total. The van der Waals surface area contributed by atoms with Crippen LogP contribution in [-0.4, -0.2) is 21.3 Å². The Morgan fingerprint density at radius 3 is 2.62 bits per heavy atom. The molecule has 0 unspecified atom stereocenters. The fourth-order valence-corrected chi connectivity index (χ4v) is 1.39. The lowest BCUT2D eigenvalue weighted by Gasteiger charge is -2.06. The summed E-state index contributed by atoms with van der Waals surface area (Å²) in [5.74, 6) is -0.249. The second-order valence-electron chi connectivity index (χ2n) is 3.53. The quantitative estimate of drug-likeness (QED) is 0.802. The summed E-state index contributed by atoms with van der Waals surface area (Å²) in [6, 6.07) is 7.58. The number of aromatic amines is 1. The number of nitrogens with zero attached hydrogens (tertiary/aromatic N) is 2. The number of aryl methyl sites for hydroxylation is 2. The van der Waals surface area contributed by atoms with Crippen LogP contribution in [0.5, 0.6) is 0 Å². The van der Waals surface area contributed by atoms with Crippen LogP contribution < -0.4 is 5.32 Å². The number of anilines is 1. The summed E-state index contributed by atoms with van der Waals surface area (Å²) < 4.78 is 0. The summed E-state index contributed by atoms with van der Waals surface area (Å²) in [5, 5.41) is 12.8. The van der Waals surface area contributed by atoms with Crippen LogP contribution in [0.2, 0.25) is 0 Å². The maximum atomic E-state index is 11.8. The molecular formula is C11H12N4O. The summed E-state index contributed by atoms with van der Waals surface area (Å²) in [5.41, 5.74) is 2.71. The van der Waals surface area contributed by atoms with Crippen molar-refractivity contribution in [1.82, 2.24) is 15.4 Å². The standard InChI is InChI=1S/C11H12N4O/c1-7-5-3-4-6-9(7)12-11(16)10-8(2)13-15-14-10/h3-6H,1-2H3,(H,12,16)(H,13,14,15). The Morgan fingerprint density at radius 1 is 1.25 bits per heavy atom. The lowest BCUT2D eigenvalue weighted by atomic mass is 10.2. The van der Waals surface area contributed by atoms with E-state index in [9.17, 15) is 4.79 Å². The summed E-state index contributed by atoms with van der Waals surface area (Å²) in [4.78, 5) is 11.8. The molecular weight excluding hydrogens is 204 g/mol. The van der Waals surface area contributed by atoms with E-state index in [1.165, 1.54) is 0 Å². The molecule has 0 atom stereocenters. The van der Waals surface area contributed by atoms with Crippen LogP contribution in [0, 0.1) is 13.8 Å². The monoisotopic (exact) mass is 216 g/mol. The highest BCUT2D eigenvalue weighted by Crippen LogP contribution is 2.14. The topological polar surface area (TPSA) is 70.7 Å². The van der Waals surface area contributed by atoms with Crippen LogP contribution in [0.15, 0.2) is 24.3 Å². The van der Waals surface area contributed by atoms with Gasteiger partial charge in [-0.3, -0.25) is 4.79 Å². The fraction of sp³-hybridized carbons (Fsp3) is 0.182. The van der Waals surface area contributed by atoms with Gasteiger partial charge in [0.2, 0.25) is 0 Å². The first kappa shape index (κ1) is 10.4. The van der Waals surface area contributed by atoms with Crippen molar-refractivity contribution >= 4 is 11.6 Å². The Morgan fingerprint density at radius 2 is 2.00 bits per heavy atom. The molecule has 16 heavy (non-hydrogen) atoms. The minimum Gasteiger partial charge on any atom is -0.320 e. The number of amides is 1. The summed E-state index contributed by atoms with van der Waals surface area (Å²) in [6.45, 7) is 3.67. The first-order chi connectivity index (χ1) is 7.68. The molecule has 0 aliphatic heterocycles. The van der Waals surface area contributed by atoms with Gasteiger partial charge in [0.1, 0.15) is 0 Å². The van der Waals surface area contributed by atoms with Gasteiger partial charge >= 0.3 is 0 Å². The van der Waals surface area contributed by atoms with Crippen LogP contribution in [0.1, 0.15) is 21.7 Å². The molecule has 2 rings (SSSR count). The van der Waals surface area contributed by atoms with Crippen LogP contribution in [0.3, 0.4) is 0 Å². The molecule has 5 heteroatoms. The number of para-hydroxylation sites is 1. The molecule has 0 bridgehead atoms. The van der Waals surface area contributed by atoms with Gasteiger partial charge in [0.25, 0.3) is 5.91 Å². The van der Waals surface area contributed by atoms with Gasteiger partial charge in [0.15, 0.2) is 5.69 Å². The van der Waals surface area contributed by atoms with Crippen molar-refractivity contribution in [2.75, 3.05) is 5.32 Å². The first-order valence-electron chi connectivity index (χ1n) is 4.93. The van der Waals surface area contributed by atoms with Gasteiger partial charge in [-0.25, -0.2) is 0 Å². The van der Waals surface area contributed by atoms with E-state index in [1.807, 2.05) is 31.2 Å². The number of H-pyrrole nitrogens is 1. The van der Waals surface area contributed by atoms with Gasteiger partial charge in [0.05, 0.1) is 5.69 Å². The van der Waals surface area contributed by atoms with E-state index in [4.69, 9.17) is 0 Å². The number of aromatic nitrogens is 3. The van der Waals surface area contributed by atoms with Gasteiger partial charge in [-0.2, -0.15) is 15.4 Å². The van der Waals surface area contributed by atoms with E-state index in [0.717, 1.165) is 11.3 Å². The fourth-order valence-electron chi connectivity index (χ4n) is 1.39. The molecule has 1 amide bonds. The third-order valence-corrected chi connectivity index (χ3v) is 2.33. The number of carbonyl (C=O) groups is 1. The SMILES string of the molecule is Cc1ccccc1NC(=O)c1n[nH]nc1C. The van der Waals surface area contributed by atoms with Crippen molar-refractivity contribution in [2.45, 2.75) is 13.8 Å². The lowest BCUT2D eigenvalue weighted by molar-refractivity contribution is 0.102. The van der Waals surface area contributed by atoms with Crippen LogP contribution in [0.25, 0.3) is 0 Å². The van der Waals surface area contributed by atoms with Gasteiger partial charge in [0, 0.05) is 5.69 Å². The second-order valence-corrected chi connectivity index (χ2v) is 3.53. The van der Waals surface area contributed by atoms with Crippen molar-refractivity contribution in [3.8, 4) is 0 Å². The predicted octanol–water partition coefficient (Wildman–Crippen LogP) is 1.67. The summed E-state index contributed by atoms with van der Waals surface area (Å²) in [7, 11) is 0. The van der Waals surface area contributed by atoms with Gasteiger partial charge < -0.3 is 5.32 Å². The van der Waals surface area contributed by atoms with Crippen LogP contribution in [-0.2, 0) is 0 Å². The molecule has 82 valence electrons. The van der Waals surface area contributed by atoms with E-state index in [1.54, 1.807) is 6.92 Å². The molecule has 1 aromatic heterocycles. The number of benzene rings is 1. The minimum absolute atomic E-state index is 0.249. The van der Waals surface area contributed by atoms with E-state index >= 15 is 0 Å². The average Bonchev–Trinajstić information content (AvgIpc) is 2.68. The molecule has 0 radical (unpaired) electrons.